The van der Waals surface area contributed by atoms with Crippen LogP contribution in [0.1, 0.15) is 47.2 Å². The van der Waals surface area contributed by atoms with Gasteiger partial charge in [-0.3, -0.25) is 14.6 Å². The number of pyridine rings is 1. The van der Waals surface area contributed by atoms with Crippen molar-refractivity contribution in [3.05, 3.63) is 102 Å². The third-order valence-electron chi connectivity index (χ3n) is 7.68. The summed E-state index contributed by atoms with van der Waals surface area (Å²) in [6.07, 6.45) is 4.85. The number of aromatic nitrogens is 1. The van der Waals surface area contributed by atoms with Crippen molar-refractivity contribution in [1.82, 2.24) is 10.3 Å². The van der Waals surface area contributed by atoms with Gasteiger partial charge in [-0.1, -0.05) is 55.3 Å². The molecule has 0 saturated heterocycles. The van der Waals surface area contributed by atoms with Crippen LogP contribution in [0, 0.1) is 0 Å². The molecule has 1 fully saturated rings. The first-order valence-corrected chi connectivity index (χ1v) is 13.3. The van der Waals surface area contributed by atoms with Crippen molar-refractivity contribution >= 4 is 34.4 Å². The molecule has 1 saturated carbocycles. The molecule has 1 aliphatic rings. The van der Waals surface area contributed by atoms with E-state index in [2.05, 4.69) is 15.6 Å². The largest absolute Gasteiger partial charge is 0.497 e. The van der Waals surface area contributed by atoms with Crippen molar-refractivity contribution in [2.24, 2.45) is 0 Å². The number of anilines is 1. The number of ether oxygens (including phenoxy) is 1. The van der Waals surface area contributed by atoms with Crippen LogP contribution < -0.4 is 15.4 Å². The van der Waals surface area contributed by atoms with Gasteiger partial charge in [0.2, 0.25) is 5.91 Å². The lowest BCUT2D eigenvalue weighted by molar-refractivity contribution is -0.142. The molecule has 4 aromatic rings. The molecule has 5 rings (SSSR count). The lowest BCUT2D eigenvalue weighted by Gasteiger charge is -2.30. The Bertz CT molecular complexity index is 1520. The van der Waals surface area contributed by atoms with E-state index in [1.807, 2.05) is 48.5 Å². The SMILES string of the molecule is COc1ccc(C2(C(=O)N[C@@H](Cc3ccc(NC(=O)c4ccnc5ccccc45)cc3)C(=O)O)CCCC2)cc1. The highest BCUT2D eigenvalue weighted by atomic mass is 16.5. The summed E-state index contributed by atoms with van der Waals surface area (Å²) in [6.45, 7) is 0. The second-order valence-electron chi connectivity index (χ2n) is 10.1. The van der Waals surface area contributed by atoms with Gasteiger partial charge in [-0.2, -0.15) is 0 Å². The lowest BCUT2D eigenvalue weighted by atomic mass is 9.77. The second kappa shape index (κ2) is 11.6. The molecule has 3 N–H and O–H groups in total. The van der Waals surface area contributed by atoms with Crippen LogP contribution >= 0.6 is 0 Å². The van der Waals surface area contributed by atoms with Crippen LogP contribution in [0.3, 0.4) is 0 Å². The van der Waals surface area contributed by atoms with Crippen LogP contribution in [0.2, 0.25) is 0 Å². The van der Waals surface area contributed by atoms with Crippen molar-refractivity contribution in [2.45, 2.75) is 43.6 Å². The minimum Gasteiger partial charge on any atom is -0.497 e. The number of carbonyl (C=O) groups excluding carboxylic acids is 2. The molecule has 0 radical (unpaired) electrons. The molecule has 40 heavy (non-hydrogen) atoms. The number of para-hydroxylation sites is 1. The fourth-order valence-electron chi connectivity index (χ4n) is 5.48. The zero-order valence-corrected chi connectivity index (χ0v) is 22.2. The molecule has 1 aromatic heterocycles. The van der Waals surface area contributed by atoms with Crippen molar-refractivity contribution in [1.29, 1.82) is 0 Å². The van der Waals surface area contributed by atoms with Crippen molar-refractivity contribution in [2.75, 3.05) is 12.4 Å². The molecular formula is C32H31N3O5. The topological polar surface area (TPSA) is 118 Å². The summed E-state index contributed by atoms with van der Waals surface area (Å²) < 4.78 is 5.25. The molecule has 8 heteroatoms. The third-order valence-corrected chi connectivity index (χ3v) is 7.68. The number of nitrogens with zero attached hydrogens (tertiary/aromatic N) is 1. The Hall–Kier alpha value is -4.72. The van der Waals surface area contributed by atoms with E-state index in [1.54, 1.807) is 43.6 Å². The Morgan fingerprint density at radius 1 is 0.950 bits per heavy atom. The van der Waals surface area contributed by atoms with E-state index in [0.717, 1.165) is 34.9 Å². The summed E-state index contributed by atoms with van der Waals surface area (Å²) in [5.74, 6) is -0.925. The van der Waals surface area contributed by atoms with E-state index in [9.17, 15) is 19.5 Å². The Kier molecular flexibility index (Phi) is 7.77. The van der Waals surface area contributed by atoms with Gasteiger partial charge in [0.05, 0.1) is 23.6 Å². The van der Waals surface area contributed by atoms with Gasteiger partial charge in [-0.25, -0.2) is 4.79 Å². The smallest absolute Gasteiger partial charge is 0.326 e. The number of amides is 2. The van der Waals surface area contributed by atoms with Crippen molar-refractivity contribution in [3.8, 4) is 5.75 Å². The number of fused-ring (bicyclic) bond motifs is 1. The molecule has 0 aliphatic heterocycles. The minimum absolute atomic E-state index is 0.114. The summed E-state index contributed by atoms with van der Waals surface area (Å²) in [7, 11) is 1.59. The highest BCUT2D eigenvalue weighted by Crippen LogP contribution is 2.42. The highest BCUT2D eigenvalue weighted by molar-refractivity contribution is 6.12. The van der Waals surface area contributed by atoms with Gasteiger partial charge < -0.3 is 20.5 Å². The van der Waals surface area contributed by atoms with E-state index in [4.69, 9.17) is 4.74 Å². The second-order valence-corrected chi connectivity index (χ2v) is 10.1. The van der Waals surface area contributed by atoms with Gasteiger partial charge in [0, 0.05) is 23.7 Å². The van der Waals surface area contributed by atoms with E-state index < -0.39 is 17.4 Å². The van der Waals surface area contributed by atoms with Gasteiger partial charge in [0.25, 0.3) is 5.91 Å². The summed E-state index contributed by atoms with van der Waals surface area (Å²) in [4.78, 5) is 43.0. The number of rotatable bonds is 9. The van der Waals surface area contributed by atoms with Gasteiger partial charge in [-0.15, -0.1) is 0 Å². The molecule has 1 aliphatic carbocycles. The average Bonchev–Trinajstić information content (AvgIpc) is 3.49. The summed E-state index contributed by atoms with van der Waals surface area (Å²) in [6, 6.07) is 22.4. The predicted octanol–water partition coefficient (Wildman–Crippen LogP) is 5.12. The maximum absolute atomic E-state index is 13.6. The Balaban J connectivity index is 1.27. The molecule has 1 atom stereocenters. The van der Waals surface area contributed by atoms with Gasteiger partial charge >= 0.3 is 5.97 Å². The zero-order chi connectivity index (χ0) is 28.1. The quantitative estimate of drug-likeness (QED) is 0.273. The normalized spacial score (nSPS) is 14.8. The number of carboxylic acids is 1. The maximum atomic E-state index is 13.6. The number of hydrogen-bond donors (Lipinski definition) is 3. The first-order valence-electron chi connectivity index (χ1n) is 13.3. The fraction of sp³-hybridized carbons (Fsp3) is 0.250. The Morgan fingerprint density at radius 2 is 1.65 bits per heavy atom. The Labute approximate surface area is 232 Å². The summed E-state index contributed by atoms with van der Waals surface area (Å²) in [5.41, 5.74) is 2.67. The fourth-order valence-corrected chi connectivity index (χ4v) is 5.48. The monoisotopic (exact) mass is 537 g/mol. The van der Waals surface area contributed by atoms with Crippen LogP contribution in [0.25, 0.3) is 10.9 Å². The van der Waals surface area contributed by atoms with E-state index >= 15 is 0 Å². The number of benzene rings is 3. The number of nitrogens with one attached hydrogen (secondary N) is 2. The minimum atomic E-state index is -1.10. The molecule has 3 aromatic carbocycles. The first-order chi connectivity index (χ1) is 19.4. The number of methoxy groups -OCH3 is 1. The molecule has 204 valence electrons. The average molecular weight is 538 g/mol. The van der Waals surface area contributed by atoms with E-state index in [1.165, 1.54) is 0 Å². The molecular weight excluding hydrogens is 506 g/mol. The Morgan fingerprint density at radius 3 is 2.33 bits per heavy atom. The number of carbonyl (C=O) groups is 3. The summed E-state index contributed by atoms with van der Waals surface area (Å²) in [5, 5.41) is 16.4. The zero-order valence-electron chi connectivity index (χ0n) is 22.2. The van der Waals surface area contributed by atoms with Crippen LogP contribution in [0.5, 0.6) is 5.75 Å². The molecule has 2 amide bonds. The number of hydrogen-bond acceptors (Lipinski definition) is 5. The van der Waals surface area contributed by atoms with Crippen molar-refractivity contribution < 1.29 is 24.2 Å². The third kappa shape index (κ3) is 5.52. The predicted molar refractivity (Wildman–Crippen MR) is 153 cm³/mol. The standard InChI is InChI=1S/C32H31N3O5/c1-40-24-14-10-22(11-15-24)32(17-4-5-18-32)31(39)35-28(30(37)38)20-21-8-12-23(13-9-21)34-29(36)26-16-19-33-27-7-3-2-6-25(26)27/h2-3,6-16,19,28H,4-5,17-18,20H2,1H3,(H,34,36)(H,35,39)(H,37,38)/t28-/m0/s1. The van der Waals surface area contributed by atoms with E-state index in [0.29, 0.717) is 29.8 Å². The molecule has 8 nitrogen and oxygen atoms in total. The maximum Gasteiger partial charge on any atom is 0.326 e. The molecule has 0 bridgehead atoms. The summed E-state index contributed by atoms with van der Waals surface area (Å²) >= 11 is 0. The van der Waals surface area contributed by atoms with Gasteiger partial charge in [0.1, 0.15) is 11.8 Å². The first kappa shape index (κ1) is 26.9. The lowest BCUT2D eigenvalue weighted by Crippen LogP contribution is -2.50. The van der Waals surface area contributed by atoms with Gasteiger partial charge in [-0.05, 0) is 60.4 Å². The molecule has 0 spiro atoms. The molecule has 1 heterocycles. The van der Waals surface area contributed by atoms with Gasteiger partial charge in [0.15, 0.2) is 0 Å². The van der Waals surface area contributed by atoms with Crippen LogP contribution in [0.4, 0.5) is 5.69 Å². The van der Waals surface area contributed by atoms with Crippen LogP contribution in [0.15, 0.2) is 85.1 Å². The number of carboxylic acid groups (broad SMARTS) is 1. The number of aliphatic carboxylic acids is 1. The highest BCUT2D eigenvalue weighted by Gasteiger charge is 2.43. The van der Waals surface area contributed by atoms with E-state index in [-0.39, 0.29) is 18.2 Å². The van der Waals surface area contributed by atoms with Crippen LogP contribution in [-0.4, -0.2) is 41.0 Å². The van der Waals surface area contributed by atoms with Crippen LogP contribution in [-0.2, 0) is 21.4 Å². The van der Waals surface area contributed by atoms with Crippen molar-refractivity contribution in [3.63, 3.8) is 0 Å². The molecule has 0 unspecified atom stereocenters.